The molecule has 2 rings (SSSR count). The van der Waals surface area contributed by atoms with Crippen molar-refractivity contribution in [1.82, 2.24) is 0 Å². The van der Waals surface area contributed by atoms with Gasteiger partial charge < -0.3 is 14.8 Å². The summed E-state index contributed by atoms with van der Waals surface area (Å²) >= 11 is 0. The molecule has 3 nitrogen and oxygen atoms in total. The van der Waals surface area contributed by atoms with Crippen LogP contribution < -0.4 is 14.8 Å². The van der Waals surface area contributed by atoms with Crippen molar-refractivity contribution in [1.29, 1.82) is 0 Å². The number of nitrogens with one attached hydrogen (secondary N) is 1. The van der Waals surface area contributed by atoms with Crippen LogP contribution >= 0.6 is 0 Å². The van der Waals surface area contributed by atoms with Crippen molar-refractivity contribution in [2.45, 2.75) is 26.8 Å². The zero-order chi connectivity index (χ0) is 15.4. The van der Waals surface area contributed by atoms with E-state index in [2.05, 4.69) is 44.3 Å². The van der Waals surface area contributed by atoms with Gasteiger partial charge in [0.05, 0.1) is 14.2 Å². The molecular weight excluding hydrogens is 262 g/mol. The second kappa shape index (κ2) is 6.53. The van der Waals surface area contributed by atoms with Crippen LogP contribution in [-0.2, 0) is 0 Å². The van der Waals surface area contributed by atoms with Crippen LogP contribution in [0.5, 0.6) is 11.5 Å². The maximum atomic E-state index is 5.34. The van der Waals surface area contributed by atoms with E-state index in [1.807, 2.05) is 18.2 Å². The van der Waals surface area contributed by atoms with Gasteiger partial charge in [-0.3, -0.25) is 0 Å². The van der Waals surface area contributed by atoms with E-state index in [4.69, 9.17) is 9.47 Å². The van der Waals surface area contributed by atoms with Gasteiger partial charge in [-0.1, -0.05) is 29.3 Å². The first-order valence-electron chi connectivity index (χ1n) is 7.10. The zero-order valence-electron chi connectivity index (χ0n) is 13.4. The third-order valence-electron chi connectivity index (χ3n) is 3.51. The van der Waals surface area contributed by atoms with E-state index in [0.717, 1.165) is 17.2 Å². The van der Waals surface area contributed by atoms with Crippen LogP contribution in [-0.4, -0.2) is 14.2 Å². The summed E-state index contributed by atoms with van der Waals surface area (Å²) in [5.74, 6) is 1.47. The molecule has 3 heteroatoms. The normalized spacial score (nSPS) is 11.9. The van der Waals surface area contributed by atoms with Gasteiger partial charge in [0.15, 0.2) is 11.5 Å². The van der Waals surface area contributed by atoms with Gasteiger partial charge in [0, 0.05) is 17.8 Å². The minimum Gasteiger partial charge on any atom is -0.493 e. The highest BCUT2D eigenvalue weighted by molar-refractivity contribution is 5.55. The van der Waals surface area contributed by atoms with E-state index in [1.165, 1.54) is 16.7 Å². The molecule has 1 atom stereocenters. The molecule has 0 aliphatic heterocycles. The zero-order valence-corrected chi connectivity index (χ0v) is 13.4. The Balaban J connectivity index is 2.20. The molecule has 0 bridgehead atoms. The topological polar surface area (TPSA) is 30.5 Å². The summed E-state index contributed by atoms with van der Waals surface area (Å²) in [5.41, 5.74) is 4.86. The minimum absolute atomic E-state index is 0.224. The van der Waals surface area contributed by atoms with Crippen molar-refractivity contribution in [2.75, 3.05) is 19.5 Å². The maximum Gasteiger partial charge on any atom is 0.162 e. The predicted octanol–water partition coefficient (Wildman–Crippen LogP) is 4.49. The number of ether oxygens (including phenoxy) is 2. The van der Waals surface area contributed by atoms with E-state index in [0.29, 0.717) is 0 Å². The second-order valence-corrected chi connectivity index (χ2v) is 5.36. The largest absolute Gasteiger partial charge is 0.493 e. The van der Waals surface area contributed by atoms with Crippen LogP contribution in [0.15, 0.2) is 36.4 Å². The minimum atomic E-state index is 0.224. The highest BCUT2D eigenvalue weighted by Gasteiger charge is 2.09. The highest BCUT2D eigenvalue weighted by Crippen LogP contribution is 2.31. The van der Waals surface area contributed by atoms with Crippen LogP contribution in [0.3, 0.4) is 0 Å². The predicted molar refractivity (Wildman–Crippen MR) is 87.5 cm³/mol. The average Bonchev–Trinajstić information content (AvgIpc) is 2.46. The van der Waals surface area contributed by atoms with Gasteiger partial charge in [-0.05, 0) is 38.5 Å². The van der Waals surface area contributed by atoms with E-state index >= 15 is 0 Å². The summed E-state index contributed by atoms with van der Waals surface area (Å²) in [5, 5.41) is 3.50. The maximum absolute atomic E-state index is 5.34. The van der Waals surface area contributed by atoms with E-state index < -0.39 is 0 Å². The first kappa shape index (κ1) is 15.2. The molecule has 0 amide bonds. The summed E-state index contributed by atoms with van der Waals surface area (Å²) in [6.45, 7) is 6.41. The number of benzene rings is 2. The molecule has 2 aromatic carbocycles. The summed E-state index contributed by atoms with van der Waals surface area (Å²) in [7, 11) is 3.29. The fraction of sp³-hybridized carbons (Fsp3) is 0.333. The molecule has 0 fully saturated rings. The van der Waals surface area contributed by atoms with Crippen LogP contribution in [0.2, 0.25) is 0 Å². The molecule has 0 heterocycles. The summed E-state index contributed by atoms with van der Waals surface area (Å²) < 4.78 is 10.6. The molecular formula is C18H23NO2. The van der Waals surface area contributed by atoms with Gasteiger partial charge in [0.1, 0.15) is 0 Å². The number of aryl methyl sites for hydroxylation is 2. The molecule has 0 aromatic heterocycles. The number of rotatable bonds is 5. The Labute approximate surface area is 126 Å². The first-order valence-corrected chi connectivity index (χ1v) is 7.10. The number of methoxy groups -OCH3 is 2. The number of hydrogen-bond acceptors (Lipinski definition) is 3. The smallest absolute Gasteiger partial charge is 0.162 e. The molecule has 1 N–H and O–H groups in total. The van der Waals surface area contributed by atoms with Gasteiger partial charge in [-0.15, -0.1) is 0 Å². The Morgan fingerprint density at radius 1 is 0.857 bits per heavy atom. The molecule has 0 saturated heterocycles. The molecule has 21 heavy (non-hydrogen) atoms. The fourth-order valence-electron chi connectivity index (χ4n) is 2.52. The summed E-state index contributed by atoms with van der Waals surface area (Å²) in [4.78, 5) is 0. The lowest BCUT2D eigenvalue weighted by molar-refractivity contribution is 0.355. The molecule has 2 aromatic rings. The van der Waals surface area contributed by atoms with E-state index in [1.54, 1.807) is 14.2 Å². The lowest BCUT2D eigenvalue weighted by atomic mass is 10.0. The molecule has 112 valence electrons. The Hall–Kier alpha value is -2.16. The molecule has 1 unspecified atom stereocenters. The van der Waals surface area contributed by atoms with Gasteiger partial charge in [-0.25, -0.2) is 0 Å². The van der Waals surface area contributed by atoms with Crippen molar-refractivity contribution in [3.8, 4) is 11.5 Å². The highest BCUT2D eigenvalue weighted by atomic mass is 16.5. The second-order valence-electron chi connectivity index (χ2n) is 5.36. The Morgan fingerprint density at radius 3 is 2.05 bits per heavy atom. The first-order chi connectivity index (χ1) is 10.0. The average molecular weight is 285 g/mol. The fourth-order valence-corrected chi connectivity index (χ4v) is 2.52. The van der Waals surface area contributed by atoms with Crippen molar-refractivity contribution in [2.24, 2.45) is 0 Å². The van der Waals surface area contributed by atoms with Gasteiger partial charge in [0.25, 0.3) is 0 Å². The number of anilines is 1. The molecule has 0 aliphatic rings. The lowest BCUT2D eigenvalue weighted by Gasteiger charge is -2.18. The Kier molecular flexibility index (Phi) is 4.73. The quantitative estimate of drug-likeness (QED) is 0.877. The Morgan fingerprint density at radius 2 is 1.48 bits per heavy atom. The Bertz CT molecular complexity index is 602. The van der Waals surface area contributed by atoms with Crippen LogP contribution in [0.4, 0.5) is 5.69 Å². The van der Waals surface area contributed by atoms with Crippen LogP contribution in [0, 0.1) is 13.8 Å². The van der Waals surface area contributed by atoms with Crippen molar-refractivity contribution < 1.29 is 9.47 Å². The van der Waals surface area contributed by atoms with Crippen molar-refractivity contribution in [3.05, 3.63) is 53.1 Å². The molecule has 0 spiro atoms. The van der Waals surface area contributed by atoms with Crippen LogP contribution in [0.25, 0.3) is 0 Å². The lowest BCUT2D eigenvalue weighted by Crippen LogP contribution is -2.07. The third-order valence-corrected chi connectivity index (χ3v) is 3.51. The number of hydrogen-bond donors (Lipinski definition) is 1. The van der Waals surface area contributed by atoms with E-state index in [9.17, 15) is 0 Å². The van der Waals surface area contributed by atoms with Crippen molar-refractivity contribution in [3.63, 3.8) is 0 Å². The summed E-state index contributed by atoms with van der Waals surface area (Å²) in [6.07, 6.45) is 0. The third kappa shape index (κ3) is 3.69. The van der Waals surface area contributed by atoms with Gasteiger partial charge in [-0.2, -0.15) is 0 Å². The SMILES string of the molecule is COc1ccc(NC(C)c2cc(C)cc(C)c2)cc1OC. The van der Waals surface area contributed by atoms with Crippen LogP contribution in [0.1, 0.15) is 29.7 Å². The van der Waals surface area contributed by atoms with E-state index in [-0.39, 0.29) is 6.04 Å². The summed E-state index contributed by atoms with van der Waals surface area (Å²) in [6, 6.07) is 12.7. The molecule has 0 radical (unpaired) electrons. The molecule has 0 aliphatic carbocycles. The van der Waals surface area contributed by atoms with Gasteiger partial charge in [0.2, 0.25) is 0 Å². The molecule has 0 saturated carbocycles. The standard InChI is InChI=1S/C18H23NO2/c1-12-8-13(2)10-15(9-12)14(3)19-16-6-7-17(20-4)18(11-16)21-5/h6-11,14,19H,1-5H3. The van der Waals surface area contributed by atoms with Gasteiger partial charge >= 0.3 is 0 Å². The van der Waals surface area contributed by atoms with Crippen molar-refractivity contribution >= 4 is 5.69 Å². The monoisotopic (exact) mass is 285 g/mol.